The van der Waals surface area contributed by atoms with Crippen molar-refractivity contribution in [2.45, 2.75) is 24.7 Å². The van der Waals surface area contributed by atoms with Gasteiger partial charge in [0, 0.05) is 13.1 Å². The molecule has 1 aliphatic rings. The van der Waals surface area contributed by atoms with Crippen LogP contribution in [0.15, 0.2) is 47.4 Å². The second-order valence-electron chi connectivity index (χ2n) is 7.34. The number of amides is 1. The van der Waals surface area contributed by atoms with Gasteiger partial charge in [0.15, 0.2) is 6.61 Å². The molecule has 1 N–H and O–H groups in total. The standard InChI is InChI=1S/C22H25ClN2O6S/c1-16-5-4-6-17(13-16)30-12-9-24-21(26)15-31-22(27)19-14-18(7-8-20(19)23)32(28,29)25-10-2-3-11-25/h4-8,13-14H,2-3,9-12,15H2,1H3,(H,24,26). The molecule has 8 nitrogen and oxygen atoms in total. The number of nitrogens with one attached hydrogen (secondary N) is 1. The van der Waals surface area contributed by atoms with Crippen molar-refractivity contribution in [3.8, 4) is 5.75 Å². The molecule has 0 unspecified atom stereocenters. The van der Waals surface area contributed by atoms with Crippen LogP contribution in [0.5, 0.6) is 5.75 Å². The first-order chi connectivity index (χ1) is 15.3. The van der Waals surface area contributed by atoms with Crippen LogP contribution >= 0.6 is 11.6 Å². The number of carbonyl (C=O) groups excluding carboxylic acids is 2. The summed E-state index contributed by atoms with van der Waals surface area (Å²) in [5.74, 6) is -0.688. The van der Waals surface area contributed by atoms with Gasteiger partial charge >= 0.3 is 5.97 Å². The molecule has 0 radical (unpaired) electrons. The van der Waals surface area contributed by atoms with Gasteiger partial charge in [-0.15, -0.1) is 0 Å². The van der Waals surface area contributed by atoms with Gasteiger partial charge in [-0.1, -0.05) is 23.7 Å². The van der Waals surface area contributed by atoms with Crippen LogP contribution in [0.2, 0.25) is 5.02 Å². The van der Waals surface area contributed by atoms with E-state index in [0.29, 0.717) is 18.8 Å². The highest BCUT2D eigenvalue weighted by atomic mass is 35.5. The lowest BCUT2D eigenvalue weighted by Gasteiger charge is -2.16. The lowest BCUT2D eigenvalue weighted by molar-refractivity contribution is -0.124. The number of sulfonamides is 1. The van der Waals surface area contributed by atoms with Crippen LogP contribution in [0.3, 0.4) is 0 Å². The summed E-state index contributed by atoms with van der Waals surface area (Å²) in [6, 6.07) is 11.4. The maximum atomic E-state index is 12.7. The van der Waals surface area contributed by atoms with Crippen molar-refractivity contribution in [2.75, 3.05) is 32.8 Å². The molecule has 2 aromatic rings. The third-order valence-electron chi connectivity index (χ3n) is 4.88. The molecule has 1 aliphatic heterocycles. The van der Waals surface area contributed by atoms with E-state index in [-0.39, 0.29) is 28.6 Å². The number of esters is 1. The Bertz CT molecular complexity index is 1080. The smallest absolute Gasteiger partial charge is 0.340 e. The Kier molecular flexibility index (Phi) is 8.11. The molecule has 1 amide bonds. The van der Waals surface area contributed by atoms with E-state index in [4.69, 9.17) is 21.1 Å². The molecule has 0 atom stereocenters. The predicted octanol–water partition coefficient (Wildman–Crippen LogP) is 2.78. The normalized spacial score (nSPS) is 14.2. The fourth-order valence-corrected chi connectivity index (χ4v) is 4.96. The molecule has 32 heavy (non-hydrogen) atoms. The lowest BCUT2D eigenvalue weighted by atomic mass is 10.2. The third-order valence-corrected chi connectivity index (χ3v) is 7.10. The molecule has 3 rings (SSSR count). The van der Waals surface area contributed by atoms with Crippen LogP contribution in [0.25, 0.3) is 0 Å². The molecule has 0 saturated carbocycles. The van der Waals surface area contributed by atoms with Crippen LogP contribution in [-0.2, 0) is 19.6 Å². The van der Waals surface area contributed by atoms with Crippen LogP contribution in [-0.4, -0.2) is 57.4 Å². The van der Waals surface area contributed by atoms with E-state index < -0.39 is 28.5 Å². The van der Waals surface area contributed by atoms with Gasteiger partial charge in [0.25, 0.3) is 5.91 Å². The molecule has 0 bridgehead atoms. The molecule has 1 heterocycles. The Balaban J connectivity index is 1.50. The lowest BCUT2D eigenvalue weighted by Crippen LogP contribution is -2.32. The Morgan fingerprint density at radius 2 is 1.88 bits per heavy atom. The second-order valence-corrected chi connectivity index (χ2v) is 9.69. The maximum Gasteiger partial charge on any atom is 0.340 e. The summed E-state index contributed by atoms with van der Waals surface area (Å²) in [6.45, 7) is 2.80. The molecular weight excluding hydrogens is 456 g/mol. The molecular formula is C22H25ClN2O6S. The molecule has 0 aliphatic carbocycles. The number of nitrogens with zero attached hydrogens (tertiary/aromatic N) is 1. The maximum absolute atomic E-state index is 12.7. The van der Waals surface area contributed by atoms with E-state index in [0.717, 1.165) is 18.4 Å². The zero-order chi connectivity index (χ0) is 23.1. The van der Waals surface area contributed by atoms with Crippen LogP contribution < -0.4 is 10.1 Å². The molecule has 10 heteroatoms. The third kappa shape index (κ3) is 6.21. The Hall–Kier alpha value is -2.62. The minimum Gasteiger partial charge on any atom is -0.492 e. The van der Waals surface area contributed by atoms with E-state index in [1.54, 1.807) is 0 Å². The summed E-state index contributed by atoms with van der Waals surface area (Å²) < 4.78 is 37.3. The van der Waals surface area contributed by atoms with Gasteiger partial charge in [-0.2, -0.15) is 4.31 Å². The van der Waals surface area contributed by atoms with E-state index in [9.17, 15) is 18.0 Å². The van der Waals surface area contributed by atoms with Crippen LogP contribution in [0.4, 0.5) is 0 Å². The highest BCUT2D eigenvalue weighted by Gasteiger charge is 2.28. The van der Waals surface area contributed by atoms with Crippen molar-refractivity contribution in [1.29, 1.82) is 0 Å². The zero-order valence-corrected chi connectivity index (χ0v) is 19.2. The number of ether oxygens (including phenoxy) is 2. The first-order valence-corrected chi connectivity index (χ1v) is 12.0. The average Bonchev–Trinajstić information content (AvgIpc) is 3.31. The van der Waals surface area contributed by atoms with Gasteiger partial charge in [-0.25, -0.2) is 13.2 Å². The van der Waals surface area contributed by atoms with Crippen molar-refractivity contribution >= 4 is 33.5 Å². The summed E-state index contributed by atoms with van der Waals surface area (Å²) in [5, 5.41) is 2.63. The quantitative estimate of drug-likeness (QED) is 0.437. The van der Waals surface area contributed by atoms with Gasteiger partial charge in [-0.3, -0.25) is 4.79 Å². The number of halogens is 1. The van der Waals surface area contributed by atoms with Crippen molar-refractivity contribution in [2.24, 2.45) is 0 Å². The number of hydrogen-bond donors (Lipinski definition) is 1. The highest BCUT2D eigenvalue weighted by molar-refractivity contribution is 7.89. The first-order valence-electron chi connectivity index (χ1n) is 10.2. The van der Waals surface area contributed by atoms with E-state index in [1.165, 1.54) is 22.5 Å². The number of carbonyl (C=O) groups is 2. The Morgan fingerprint density at radius 1 is 1.12 bits per heavy atom. The monoisotopic (exact) mass is 480 g/mol. The van der Waals surface area contributed by atoms with Gasteiger partial charge in [0.05, 0.1) is 22.0 Å². The van der Waals surface area contributed by atoms with Crippen molar-refractivity contribution in [3.63, 3.8) is 0 Å². The summed E-state index contributed by atoms with van der Waals surface area (Å²) in [5.41, 5.74) is 0.955. The van der Waals surface area contributed by atoms with E-state index in [1.807, 2.05) is 31.2 Å². The Morgan fingerprint density at radius 3 is 2.59 bits per heavy atom. The van der Waals surface area contributed by atoms with Crippen molar-refractivity contribution in [3.05, 3.63) is 58.6 Å². The molecule has 2 aromatic carbocycles. The predicted molar refractivity (Wildman–Crippen MR) is 119 cm³/mol. The SMILES string of the molecule is Cc1cccc(OCCNC(=O)COC(=O)c2cc(S(=O)(=O)N3CCCC3)ccc2Cl)c1. The van der Waals surface area contributed by atoms with Crippen molar-refractivity contribution < 1.29 is 27.5 Å². The summed E-state index contributed by atoms with van der Waals surface area (Å²) >= 11 is 6.06. The first kappa shape index (κ1) is 24.0. The minimum absolute atomic E-state index is 0.0338. The number of benzene rings is 2. The number of hydrogen-bond acceptors (Lipinski definition) is 6. The summed E-state index contributed by atoms with van der Waals surface area (Å²) in [6.07, 6.45) is 1.60. The average molecular weight is 481 g/mol. The van der Waals surface area contributed by atoms with Gasteiger partial charge in [0.2, 0.25) is 10.0 Å². The van der Waals surface area contributed by atoms with Gasteiger partial charge in [0.1, 0.15) is 12.4 Å². The van der Waals surface area contributed by atoms with Crippen LogP contribution in [0, 0.1) is 6.92 Å². The fraction of sp³-hybridized carbons (Fsp3) is 0.364. The summed E-state index contributed by atoms with van der Waals surface area (Å²) in [4.78, 5) is 24.3. The number of aryl methyl sites for hydroxylation is 1. The van der Waals surface area contributed by atoms with E-state index >= 15 is 0 Å². The topological polar surface area (TPSA) is 102 Å². The van der Waals surface area contributed by atoms with E-state index in [2.05, 4.69) is 5.32 Å². The highest BCUT2D eigenvalue weighted by Crippen LogP contribution is 2.25. The number of rotatable bonds is 9. The molecule has 1 fully saturated rings. The molecule has 1 saturated heterocycles. The minimum atomic E-state index is -3.71. The molecule has 0 aromatic heterocycles. The Labute approximate surface area is 192 Å². The fourth-order valence-electron chi connectivity index (χ4n) is 3.22. The zero-order valence-electron chi connectivity index (χ0n) is 17.7. The largest absolute Gasteiger partial charge is 0.492 e. The second kappa shape index (κ2) is 10.8. The van der Waals surface area contributed by atoms with Gasteiger partial charge in [-0.05, 0) is 55.7 Å². The molecule has 172 valence electrons. The van der Waals surface area contributed by atoms with Gasteiger partial charge < -0.3 is 14.8 Å². The molecule has 0 spiro atoms. The van der Waals surface area contributed by atoms with Crippen molar-refractivity contribution in [1.82, 2.24) is 9.62 Å². The van der Waals surface area contributed by atoms with Crippen LogP contribution in [0.1, 0.15) is 28.8 Å². The summed E-state index contributed by atoms with van der Waals surface area (Å²) in [7, 11) is -3.71.